The Morgan fingerprint density at radius 1 is 0.458 bits per heavy atom. The first-order valence-electron chi connectivity index (χ1n) is 28.8. The van der Waals surface area contributed by atoms with Crippen molar-refractivity contribution in [2.75, 3.05) is 19.8 Å². The average Bonchev–Trinajstić information content (AvgIpc) is 3.37. The molecule has 0 heterocycles. The van der Waals surface area contributed by atoms with E-state index in [1.807, 2.05) is 0 Å². The van der Waals surface area contributed by atoms with E-state index in [9.17, 15) is 39.8 Å². The lowest BCUT2D eigenvalue weighted by Crippen LogP contribution is -2.64. The number of hydrogen-bond acceptors (Lipinski definition) is 11. The summed E-state index contributed by atoms with van der Waals surface area (Å²) >= 11 is 0. The van der Waals surface area contributed by atoms with Crippen molar-refractivity contribution in [3.8, 4) is 0 Å². The van der Waals surface area contributed by atoms with Gasteiger partial charge in [-0.05, 0) is 64.2 Å². The molecule has 0 bridgehead atoms. The van der Waals surface area contributed by atoms with Crippen LogP contribution in [0.5, 0.6) is 0 Å². The molecule has 1 rings (SSSR count). The van der Waals surface area contributed by atoms with Gasteiger partial charge in [0.2, 0.25) is 0 Å². The molecule has 0 aromatic rings. The van der Waals surface area contributed by atoms with E-state index in [-0.39, 0.29) is 13.0 Å². The third-order valence-electron chi connectivity index (χ3n) is 13.1. The Morgan fingerprint density at radius 2 is 0.819 bits per heavy atom. The molecule has 6 N–H and O–H groups in total. The van der Waals surface area contributed by atoms with E-state index in [1.165, 1.54) is 122 Å². The first-order chi connectivity index (χ1) is 35.0. The first-order valence-corrected chi connectivity index (χ1v) is 30.3. The molecule has 418 valence electrons. The normalized spacial score (nSPS) is 21.2. The number of allylic oxidation sites excluding steroid dienone is 12. The van der Waals surface area contributed by atoms with Gasteiger partial charge in [0.05, 0.1) is 13.2 Å². The Balaban J connectivity index is 2.32. The smallest absolute Gasteiger partial charge is 0.457 e. The maximum absolute atomic E-state index is 12.9. The highest BCUT2D eigenvalue weighted by Crippen LogP contribution is 2.47. The molecule has 1 fully saturated rings. The predicted octanol–water partition coefficient (Wildman–Crippen LogP) is 13.9. The van der Waals surface area contributed by atoms with Gasteiger partial charge in [0.1, 0.15) is 42.7 Å². The number of hydrogen-bond donors (Lipinski definition) is 6. The molecule has 1 aliphatic rings. The highest BCUT2D eigenvalue weighted by atomic mass is 31.2. The van der Waals surface area contributed by atoms with Gasteiger partial charge in [-0.2, -0.15) is 0 Å². The Hall–Kier alpha value is -2.22. The first kappa shape index (κ1) is 67.8. The maximum Gasteiger partial charge on any atom is 0.472 e. The summed E-state index contributed by atoms with van der Waals surface area (Å²) in [5.41, 5.74) is 0. The predicted molar refractivity (Wildman–Crippen MR) is 295 cm³/mol. The molecule has 1 saturated carbocycles. The Morgan fingerprint density at radius 3 is 1.24 bits per heavy atom. The average molecular weight is 1040 g/mol. The Bertz CT molecular complexity index is 1460. The van der Waals surface area contributed by atoms with Crippen LogP contribution in [0.3, 0.4) is 0 Å². The van der Waals surface area contributed by atoms with Gasteiger partial charge in [0.15, 0.2) is 0 Å². The number of phosphoric ester groups is 1. The fourth-order valence-electron chi connectivity index (χ4n) is 8.60. The van der Waals surface area contributed by atoms with E-state index >= 15 is 0 Å². The van der Waals surface area contributed by atoms with E-state index in [1.54, 1.807) is 0 Å². The summed E-state index contributed by atoms with van der Waals surface area (Å²) in [6, 6.07) is 0. The zero-order valence-electron chi connectivity index (χ0n) is 45.2. The van der Waals surface area contributed by atoms with Gasteiger partial charge in [0.25, 0.3) is 0 Å². The van der Waals surface area contributed by atoms with Gasteiger partial charge in [0, 0.05) is 13.0 Å². The van der Waals surface area contributed by atoms with Gasteiger partial charge in [-0.1, -0.05) is 234 Å². The second-order valence-electron chi connectivity index (χ2n) is 19.8. The Kier molecular flexibility index (Phi) is 45.6. The fraction of sp³-hybridized carbons (Fsp3) is 0.780. The molecular formula is C59H105O12P. The molecule has 0 radical (unpaired) electrons. The van der Waals surface area contributed by atoms with E-state index in [4.69, 9.17) is 18.5 Å². The van der Waals surface area contributed by atoms with Gasteiger partial charge in [-0.15, -0.1) is 0 Å². The molecule has 0 aromatic heterocycles. The molecule has 13 heteroatoms. The molecule has 6 unspecified atom stereocenters. The lowest BCUT2D eigenvalue weighted by atomic mass is 9.85. The zero-order chi connectivity index (χ0) is 52.6. The van der Waals surface area contributed by atoms with E-state index in [2.05, 4.69) is 86.8 Å². The molecule has 1 aliphatic carbocycles. The second-order valence-corrected chi connectivity index (χ2v) is 21.2. The van der Waals surface area contributed by atoms with Crippen LogP contribution in [0.2, 0.25) is 0 Å². The fourth-order valence-corrected chi connectivity index (χ4v) is 9.57. The van der Waals surface area contributed by atoms with E-state index < -0.39 is 63.1 Å². The molecule has 0 aliphatic heterocycles. The number of carbonyl (C=O) groups is 1. The summed E-state index contributed by atoms with van der Waals surface area (Å²) in [5, 5.41) is 50.4. The largest absolute Gasteiger partial charge is 0.472 e. The van der Waals surface area contributed by atoms with Crippen molar-refractivity contribution in [1.29, 1.82) is 0 Å². The minimum Gasteiger partial charge on any atom is -0.457 e. The lowest BCUT2D eigenvalue weighted by Gasteiger charge is -2.41. The number of rotatable bonds is 49. The standard InChI is InChI=1S/C59H105O12P/c1-3-5-7-9-11-13-15-17-19-21-23-25-27-28-30-32-34-36-38-40-42-44-46-48-53(60)70-52(51-69-72(66,67)71-59-57(64)55(62)54(61)56(63)58(59)65)50-68-49-47-45-43-41-39-37-35-33-31-29-26-24-22-20-18-16-14-12-10-8-6-4-2/h6,8,12,14,18,20,24,26,31,33,37,39,52,54-59,61-65H,3-5,7,9-11,13,15-17,19,21-23,25,27-30,32,34-36,38,40-51H2,1-2H3,(H,66,67)/b8-6-,14-12-,20-18-,26-24-,33-31-,39-37-. The molecule has 0 spiro atoms. The second kappa shape index (κ2) is 48.4. The summed E-state index contributed by atoms with van der Waals surface area (Å²) in [6.07, 6.45) is 52.6. The van der Waals surface area contributed by atoms with Gasteiger partial charge < -0.3 is 39.9 Å². The quantitative estimate of drug-likeness (QED) is 0.0146. The van der Waals surface area contributed by atoms with Crippen molar-refractivity contribution >= 4 is 13.8 Å². The van der Waals surface area contributed by atoms with Crippen molar-refractivity contribution in [2.45, 2.75) is 275 Å². The highest BCUT2D eigenvalue weighted by Gasteiger charge is 2.51. The monoisotopic (exact) mass is 1040 g/mol. The van der Waals surface area contributed by atoms with Gasteiger partial charge in [-0.25, -0.2) is 4.57 Å². The molecule has 0 amide bonds. The molecule has 0 aromatic carbocycles. The third-order valence-corrected chi connectivity index (χ3v) is 14.1. The summed E-state index contributed by atoms with van der Waals surface area (Å²) < 4.78 is 34.4. The van der Waals surface area contributed by atoms with Crippen LogP contribution in [0.1, 0.15) is 232 Å². The van der Waals surface area contributed by atoms with Crippen LogP contribution in [-0.2, 0) is 27.9 Å². The number of ether oxygens (including phenoxy) is 2. The van der Waals surface area contributed by atoms with E-state index in [0.717, 1.165) is 83.5 Å². The van der Waals surface area contributed by atoms with Crippen LogP contribution in [-0.4, -0.2) is 98.9 Å². The number of phosphoric acid groups is 1. The van der Waals surface area contributed by atoms with Crippen LogP contribution in [0.25, 0.3) is 0 Å². The molecule has 12 nitrogen and oxygen atoms in total. The maximum atomic E-state index is 12.9. The van der Waals surface area contributed by atoms with Crippen molar-refractivity contribution in [3.63, 3.8) is 0 Å². The minimum atomic E-state index is -5.04. The zero-order valence-corrected chi connectivity index (χ0v) is 46.1. The van der Waals surface area contributed by atoms with Crippen molar-refractivity contribution < 1.29 is 58.3 Å². The van der Waals surface area contributed by atoms with Crippen LogP contribution < -0.4 is 0 Å². The van der Waals surface area contributed by atoms with Crippen molar-refractivity contribution in [2.24, 2.45) is 0 Å². The Labute approximate surface area is 438 Å². The molecule has 0 saturated heterocycles. The van der Waals surface area contributed by atoms with Crippen LogP contribution in [0.4, 0.5) is 0 Å². The third kappa shape index (κ3) is 39.2. The topological polar surface area (TPSA) is 192 Å². The minimum absolute atomic E-state index is 0.101. The van der Waals surface area contributed by atoms with Crippen LogP contribution in [0.15, 0.2) is 72.9 Å². The van der Waals surface area contributed by atoms with Crippen molar-refractivity contribution in [1.82, 2.24) is 0 Å². The number of aliphatic hydroxyl groups excluding tert-OH is 5. The summed E-state index contributed by atoms with van der Waals surface area (Å²) in [6.45, 7) is 4.11. The summed E-state index contributed by atoms with van der Waals surface area (Å²) in [5.74, 6) is -0.487. The number of esters is 1. The SMILES string of the molecule is CC/C=C\C/C=C\C/C=C\C/C=C\C/C=C\C/C=C\CCCCCOCC(COP(=O)(O)OC1C(O)C(O)C(O)C(O)C1O)OC(=O)CCCCCCCCCCCCCCCCCCCCCCCCC. The van der Waals surface area contributed by atoms with E-state index in [0.29, 0.717) is 13.0 Å². The van der Waals surface area contributed by atoms with Crippen LogP contribution >= 0.6 is 7.82 Å². The number of carbonyl (C=O) groups excluding carboxylic acids is 1. The van der Waals surface area contributed by atoms with Crippen LogP contribution in [0, 0.1) is 0 Å². The summed E-state index contributed by atoms with van der Waals surface area (Å²) in [7, 11) is -5.04. The molecular weight excluding hydrogens is 932 g/mol. The van der Waals surface area contributed by atoms with Gasteiger partial charge in [-0.3, -0.25) is 13.8 Å². The van der Waals surface area contributed by atoms with Gasteiger partial charge >= 0.3 is 13.8 Å². The van der Waals surface area contributed by atoms with Crippen molar-refractivity contribution in [3.05, 3.63) is 72.9 Å². The number of unbranched alkanes of at least 4 members (excludes halogenated alkanes) is 25. The molecule has 6 atom stereocenters. The number of aliphatic hydroxyl groups is 5. The highest BCUT2D eigenvalue weighted by molar-refractivity contribution is 7.47. The lowest BCUT2D eigenvalue weighted by molar-refractivity contribution is -0.220. The molecule has 72 heavy (non-hydrogen) atoms. The summed E-state index contributed by atoms with van der Waals surface area (Å²) in [4.78, 5) is 23.3.